The van der Waals surface area contributed by atoms with Crippen LogP contribution in [0.4, 0.5) is 11.4 Å². The second-order valence-corrected chi connectivity index (χ2v) is 5.41. The van der Waals surface area contributed by atoms with Crippen molar-refractivity contribution in [1.29, 1.82) is 0 Å². The van der Waals surface area contributed by atoms with Crippen molar-refractivity contribution in [3.05, 3.63) is 18.2 Å². The maximum Gasteiger partial charge on any atom is 0.143 e. The summed E-state index contributed by atoms with van der Waals surface area (Å²) in [6.45, 7) is 6.86. The number of nitrogens with one attached hydrogen (secondary N) is 1. The number of hydrogen-bond donors (Lipinski definition) is 2. The molecule has 4 heteroatoms. The number of benzene rings is 1. The van der Waals surface area contributed by atoms with Crippen molar-refractivity contribution >= 4 is 11.4 Å². The summed E-state index contributed by atoms with van der Waals surface area (Å²) in [5, 5.41) is 3.43. The molecule has 0 radical (unpaired) electrons. The minimum Gasteiger partial charge on any atom is -0.495 e. The predicted molar refractivity (Wildman–Crippen MR) is 80.7 cm³/mol. The van der Waals surface area contributed by atoms with Crippen LogP contribution >= 0.6 is 0 Å². The number of likely N-dealkylation sites (tertiary alicyclic amines) is 1. The number of hydrogen-bond acceptors (Lipinski definition) is 4. The summed E-state index contributed by atoms with van der Waals surface area (Å²) in [5.41, 5.74) is 7.54. The first kappa shape index (κ1) is 14.0. The molecule has 0 amide bonds. The van der Waals surface area contributed by atoms with Crippen LogP contribution in [0.3, 0.4) is 0 Å². The largest absolute Gasteiger partial charge is 0.495 e. The molecule has 0 aliphatic carbocycles. The Morgan fingerprint density at radius 2 is 2.11 bits per heavy atom. The summed E-state index contributed by atoms with van der Waals surface area (Å²) < 4.78 is 5.22. The Hall–Kier alpha value is -1.42. The lowest BCUT2D eigenvalue weighted by molar-refractivity contribution is 0.199. The fourth-order valence-electron chi connectivity index (χ4n) is 2.47. The molecule has 19 heavy (non-hydrogen) atoms. The van der Waals surface area contributed by atoms with Crippen LogP contribution < -0.4 is 15.8 Å². The minimum atomic E-state index is 0.679. The van der Waals surface area contributed by atoms with E-state index in [0.29, 0.717) is 5.69 Å². The number of piperidine rings is 1. The summed E-state index contributed by atoms with van der Waals surface area (Å²) in [6, 6.07) is 5.83. The van der Waals surface area contributed by atoms with Crippen molar-refractivity contribution in [3.63, 3.8) is 0 Å². The molecule has 0 saturated carbocycles. The molecule has 0 aromatic heterocycles. The number of methoxy groups -OCH3 is 1. The molecule has 0 atom stereocenters. The normalized spacial score (nSPS) is 17.4. The zero-order valence-electron chi connectivity index (χ0n) is 12.0. The Kier molecular flexibility index (Phi) is 4.91. The lowest BCUT2D eigenvalue weighted by Crippen LogP contribution is -2.36. The number of nitrogens with zero attached hydrogens (tertiary/aromatic N) is 1. The van der Waals surface area contributed by atoms with Gasteiger partial charge in [0.2, 0.25) is 0 Å². The molecule has 4 nitrogen and oxygen atoms in total. The maximum absolute atomic E-state index is 5.80. The first-order chi connectivity index (χ1) is 9.19. The fraction of sp³-hybridized carbons (Fsp3) is 0.600. The highest BCUT2D eigenvalue weighted by Gasteiger charge is 2.14. The van der Waals surface area contributed by atoms with Gasteiger partial charge in [0, 0.05) is 24.8 Å². The molecule has 2 rings (SSSR count). The Morgan fingerprint density at radius 3 is 2.79 bits per heavy atom. The van der Waals surface area contributed by atoms with Gasteiger partial charge in [-0.1, -0.05) is 6.92 Å². The van der Waals surface area contributed by atoms with Crippen LogP contribution in [0, 0.1) is 5.92 Å². The monoisotopic (exact) mass is 263 g/mol. The molecule has 1 aromatic rings. The first-order valence-electron chi connectivity index (χ1n) is 7.09. The Bertz CT molecular complexity index is 400. The van der Waals surface area contributed by atoms with Gasteiger partial charge in [0.25, 0.3) is 0 Å². The van der Waals surface area contributed by atoms with Crippen LogP contribution in [0.15, 0.2) is 18.2 Å². The SMILES string of the molecule is COc1cc(NCCN2CCC(C)CC2)ccc1N. The van der Waals surface area contributed by atoms with Gasteiger partial charge < -0.3 is 20.7 Å². The molecule has 1 fully saturated rings. The van der Waals surface area contributed by atoms with Gasteiger partial charge in [0.15, 0.2) is 0 Å². The molecular formula is C15H25N3O. The van der Waals surface area contributed by atoms with Crippen LogP contribution in [0.1, 0.15) is 19.8 Å². The molecule has 106 valence electrons. The number of anilines is 2. The average Bonchev–Trinajstić information content (AvgIpc) is 2.43. The third kappa shape index (κ3) is 4.03. The first-order valence-corrected chi connectivity index (χ1v) is 7.09. The van der Waals surface area contributed by atoms with Gasteiger partial charge in [-0.3, -0.25) is 0 Å². The van der Waals surface area contributed by atoms with E-state index in [9.17, 15) is 0 Å². The number of rotatable bonds is 5. The zero-order valence-corrected chi connectivity index (χ0v) is 12.0. The molecule has 0 spiro atoms. The summed E-state index contributed by atoms with van der Waals surface area (Å²) in [4.78, 5) is 2.53. The maximum atomic E-state index is 5.80. The van der Waals surface area contributed by atoms with Crippen LogP contribution in [-0.2, 0) is 0 Å². The van der Waals surface area contributed by atoms with Crippen LogP contribution in [0.25, 0.3) is 0 Å². The van der Waals surface area contributed by atoms with E-state index in [1.165, 1.54) is 25.9 Å². The number of ether oxygens (including phenoxy) is 1. The van der Waals surface area contributed by atoms with E-state index in [4.69, 9.17) is 10.5 Å². The molecule has 1 saturated heterocycles. The van der Waals surface area contributed by atoms with Crippen molar-refractivity contribution in [2.24, 2.45) is 5.92 Å². The highest BCUT2D eigenvalue weighted by Crippen LogP contribution is 2.24. The summed E-state index contributed by atoms with van der Waals surface area (Å²) >= 11 is 0. The Labute approximate surface area is 115 Å². The van der Waals surface area contributed by atoms with Crippen molar-refractivity contribution < 1.29 is 4.74 Å². The minimum absolute atomic E-state index is 0.679. The zero-order chi connectivity index (χ0) is 13.7. The summed E-state index contributed by atoms with van der Waals surface area (Å²) in [6.07, 6.45) is 2.66. The molecule has 3 N–H and O–H groups in total. The van der Waals surface area contributed by atoms with Gasteiger partial charge in [-0.2, -0.15) is 0 Å². The van der Waals surface area contributed by atoms with Crippen LogP contribution in [0.2, 0.25) is 0 Å². The summed E-state index contributed by atoms with van der Waals surface area (Å²) in [5.74, 6) is 1.63. The van der Waals surface area contributed by atoms with E-state index in [1.54, 1.807) is 7.11 Å². The number of nitrogen functional groups attached to an aromatic ring is 1. The van der Waals surface area contributed by atoms with Gasteiger partial charge in [-0.25, -0.2) is 0 Å². The van der Waals surface area contributed by atoms with Gasteiger partial charge in [-0.15, -0.1) is 0 Å². The lowest BCUT2D eigenvalue weighted by atomic mass is 9.99. The molecule has 0 bridgehead atoms. The average molecular weight is 263 g/mol. The molecule has 1 aliphatic heterocycles. The van der Waals surface area contributed by atoms with E-state index < -0.39 is 0 Å². The van der Waals surface area contributed by atoms with E-state index in [1.807, 2.05) is 18.2 Å². The molecule has 1 aromatic carbocycles. The van der Waals surface area contributed by atoms with Crippen molar-refractivity contribution in [2.75, 3.05) is 44.3 Å². The van der Waals surface area contributed by atoms with Gasteiger partial charge in [0.1, 0.15) is 5.75 Å². The predicted octanol–water partition coefficient (Wildman–Crippen LogP) is 2.42. The van der Waals surface area contributed by atoms with Crippen molar-refractivity contribution in [2.45, 2.75) is 19.8 Å². The topological polar surface area (TPSA) is 50.5 Å². The molecular weight excluding hydrogens is 238 g/mol. The van der Waals surface area contributed by atoms with E-state index in [2.05, 4.69) is 17.1 Å². The second-order valence-electron chi connectivity index (χ2n) is 5.41. The highest BCUT2D eigenvalue weighted by atomic mass is 16.5. The third-order valence-electron chi connectivity index (χ3n) is 3.87. The van der Waals surface area contributed by atoms with Gasteiger partial charge in [-0.05, 0) is 44.0 Å². The lowest BCUT2D eigenvalue weighted by Gasteiger charge is -2.30. The standard InChI is InChI=1S/C15H25N3O/c1-12-5-8-18(9-6-12)10-7-17-13-3-4-14(16)15(11-13)19-2/h3-4,11-12,17H,5-10,16H2,1-2H3. The van der Waals surface area contributed by atoms with Gasteiger partial charge >= 0.3 is 0 Å². The summed E-state index contributed by atoms with van der Waals surface area (Å²) in [7, 11) is 1.64. The van der Waals surface area contributed by atoms with Crippen LogP contribution in [-0.4, -0.2) is 38.2 Å². The van der Waals surface area contributed by atoms with Crippen LogP contribution in [0.5, 0.6) is 5.75 Å². The Balaban J connectivity index is 1.76. The molecule has 1 heterocycles. The second kappa shape index (κ2) is 6.66. The quantitative estimate of drug-likeness (QED) is 0.801. The Morgan fingerprint density at radius 1 is 1.37 bits per heavy atom. The van der Waals surface area contributed by atoms with Crippen molar-refractivity contribution in [3.8, 4) is 5.75 Å². The number of nitrogens with two attached hydrogens (primary N) is 1. The van der Waals surface area contributed by atoms with E-state index in [0.717, 1.165) is 30.4 Å². The van der Waals surface area contributed by atoms with Crippen molar-refractivity contribution in [1.82, 2.24) is 4.90 Å². The van der Waals surface area contributed by atoms with E-state index in [-0.39, 0.29) is 0 Å². The molecule has 0 unspecified atom stereocenters. The highest BCUT2D eigenvalue weighted by molar-refractivity contribution is 5.61. The smallest absolute Gasteiger partial charge is 0.143 e. The fourth-order valence-corrected chi connectivity index (χ4v) is 2.47. The third-order valence-corrected chi connectivity index (χ3v) is 3.87. The molecule has 1 aliphatic rings. The van der Waals surface area contributed by atoms with E-state index >= 15 is 0 Å². The van der Waals surface area contributed by atoms with Gasteiger partial charge in [0.05, 0.1) is 12.8 Å².